The molecule has 59 heavy (non-hydrogen) atoms. The van der Waals surface area contributed by atoms with Crippen LogP contribution in [0.4, 0.5) is 4.79 Å². The van der Waals surface area contributed by atoms with Crippen LogP contribution in [-0.2, 0) is 42.0 Å². The molecule has 0 saturated carbocycles. The topological polar surface area (TPSA) is 168 Å². The number of phosphoric ester groups is 1. The monoisotopic (exact) mass is 876 g/mol. The van der Waals surface area contributed by atoms with E-state index in [0.29, 0.717) is 18.1 Å². The summed E-state index contributed by atoms with van der Waals surface area (Å²) in [6, 6.07) is 0.225. The lowest BCUT2D eigenvalue weighted by atomic mass is 10.0. The number of carbonyl (C=O) groups is 4. The Morgan fingerprint density at radius 1 is 0.695 bits per heavy atom. The Hall–Kier alpha value is -1.86. The van der Waals surface area contributed by atoms with Gasteiger partial charge in [0.05, 0.1) is 18.7 Å². The van der Waals surface area contributed by atoms with Crippen molar-refractivity contribution in [1.29, 1.82) is 0 Å². The quantitative estimate of drug-likeness (QED) is 0.0232. The minimum atomic E-state index is -4.16. The third-order valence-corrected chi connectivity index (χ3v) is 14.1. The first-order chi connectivity index (χ1) is 28.7. The van der Waals surface area contributed by atoms with Crippen LogP contribution in [-0.4, -0.2) is 86.5 Å². The second-order valence-electron chi connectivity index (χ2n) is 16.3. The predicted molar refractivity (Wildman–Crippen MR) is 236 cm³/mol. The predicted octanol–water partition coefficient (Wildman–Crippen LogP) is 10.5. The smallest absolute Gasteiger partial charge is 0.463 e. The summed E-state index contributed by atoms with van der Waals surface area (Å²) >= 11 is 1.85. The molecule has 344 valence electrons. The number of phosphoric acid groups is 1. The molecule has 0 bridgehead atoms. The van der Waals surface area contributed by atoms with Crippen LogP contribution in [0.25, 0.3) is 0 Å². The average molecular weight is 876 g/mol. The van der Waals surface area contributed by atoms with E-state index in [2.05, 4.69) is 29.8 Å². The highest BCUT2D eigenvalue weighted by Gasteiger charge is 2.42. The maximum atomic E-state index is 13.4. The molecule has 0 spiro atoms. The minimum Gasteiger partial charge on any atom is -0.463 e. The summed E-state index contributed by atoms with van der Waals surface area (Å²) in [5, 5.41) is 9.05. The summed E-state index contributed by atoms with van der Waals surface area (Å²) in [5.74, 6) is -0.0428. The number of urea groups is 1. The van der Waals surface area contributed by atoms with E-state index < -0.39 is 25.9 Å². The SMILES string of the molecule is CCCCCCCCCCCCCC(=O)OCC(COC(=O)CCCCCCCCCCCCC)OP(=O)(OC)OCCNC(=O)CCCCC1SCC2NC(=O)NC21. The van der Waals surface area contributed by atoms with E-state index in [4.69, 9.17) is 23.0 Å². The van der Waals surface area contributed by atoms with Gasteiger partial charge < -0.3 is 25.4 Å². The van der Waals surface area contributed by atoms with Crippen LogP contribution in [0.5, 0.6) is 0 Å². The summed E-state index contributed by atoms with van der Waals surface area (Å²) < 4.78 is 40.7. The van der Waals surface area contributed by atoms with Crippen molar-refractivity contribution in [3.05, 3.63) is 0 Å². The summed E-state index contributed by atoms with van der Waals surface area (Å²) in [6.45, 7) is 3.85. The standard InChI is InChI=1S/C44H82N3O10PS/c1-4-6-8-10-12-14-16-18-20-22-24-30-41(49)54-34-37(35-55-42(50)31-25-23-21-19-17-15-13-11-9-7-5-2)57-58(52,53-3)56-33-32-45-40(48)29-27-26-28-39-43-38(36-59-39)46-44(51)47-43/h37-39,43H,4-36H2,1-3H3,(H,45,48)(H2,46,47,51). The van der Waals surface area contributed by atoms with Gasteiger partial charge in [0.2, 0.25) is 5.91 Å². The minimum absolute atomic E-state index is 0.0853. The molecule has 0 aromatic carbocycles. The Morgan fingerprint density at radius 3 is 1.66 bits per heavy atom. The fourth-order valence-corrected chi connectivity index (χ4v) is 10.1. The zero-order valence-corrected chi connectivity index (χ0v) is 38.8. The number of fused-ring (bicyclic) bond motifs is 1. The number of nitrogens with one attached hydrogen (secondary N) is 3. The second kappa shape index (κ2) is 34.7. The van der Waals surface area contributed by atoms with Gasteiger partial charge in [-0.3, -0.25) is 28.0 Å². The number of hydrogen-bond donors (Lipinski definition) is 3. The number of ether oxygens (including phenoxy) is 2. The second-order valence-corrected chi connectivity index (χ2v) is 19.3. The third kappa shape index (κ3) is 27.0. The maximum Gasteiger partial charge on any atom is 0.475 e. The molecule has 0 aromatic rings. The lowest BCUT2D eigenvalue weighted by Crippen LogP contribution is -2.36. The summed E-state index contributed by atoms with van der Waals surface area (Å²) in [4.78, 5) is 49.3. The molecule has 0 aliphatic carbocycles. The van der Waals surface area contributed by atoms with Gasteiger partial charge in [-0.05, 0) is 25.7 Å². The normalized spacial score (nSPS) is 18.3. The molecule has 0 aromatic heterocycles. The van der Waals surface area contributed by atoms with Crippen molar-refractivity contribution in [2.75, 3.05) is 39.2 Å². The molecular weight excluding hydrogens is 794 g/mol. The Bertz CT molecular complexity index is 1140. The fourth-order valence-electron chi connectivity index (χ4n) is 7.51. The number of unbranched alkanes of at least 4 members (excludes halogenated alkanes) is 21. The van der Waals surface area contributed by atoms with E-state index in [1.807, 2.05) is 11.8 Å². The van der Waals surface area contributed by atoms with Gasteiger partial charge in [0.25, 0.3) is 0 Å². The Balaban J connectivity index is 1.70. The van der Waals surface area contributed by atoms with E-state index in [-0.39, 0.29) is 63.2 Å². The highest BCUT2D eigenvalue weighted by molar-refractivity contribution is 8.00. The van der Waals surface area contributed by atoms with Gasteiger partial charge in [-0.25, -0.2) is 9.36 Å². The molecule has 0 radical (unpaired) electrons. The van der Waals surface area contributed by atoms with E-state index >= 15 is 0 Å². The van der Waals surface area contributed by atoms with Crippen LogP contribution in [0.2, 0.25) is 0 Å². The molecule has 2 rings (SSSR count). The first kappa shape index (κ1) is 53.3. The number of hydrogen-bond acceptors (Lipinski definition) is 11. The van der Waals surface area contributed by atoms with E-state index in [9.17, 15) is 23.7 Å². The molecule has 2 aliphatic heterocycles. The first-order valence-corrected chi connectivity index (χ1v) is 26.0. The maximum absolute atomic E-state index is 13.4. The van der Waals surface area contributed by atoms with Crippen LogP contribution < -0.4 is 16.0 Å². The molecule has 3 amide bonds. The largest absolute Gasteiger partial charge is 0.475 e. The molecule has 2 saturated heterocycles. The molecule has 2 heterocycles. The lowest BCUT2D eigenvalue weighted by molar-refractivity contribution is -0.152. The van der Waals surface area contributed by atoms with Gasteiger partial charge in [0.1, 0.15) is 19.3 Å². The molecule has 4 atom stereocenters. The van der Waals surface area contributed by atoms with Gasteiger partial charge in [-0.1, -0.05) is 149 Å². The van der Waals surface area contributed by atoms with Crippen molar-refractivity contribution < 1.29 is 46.8 Å². The molecule has 2 fully saturated rings. The van der Waals surface area contributed by atoms with Crippen LogP contribution in [0.3, 0.4) is 0 Å². The number of rotatable bonds is 40. The fraction of sp³-hybridized carbons (Fsp3) is 0.909. The summed E-state index contributed by atoms with van der Waals surface area (Å²) in [7, 11) is -2.97. The average Bonchev–Trinajstić information content (AvgIpc) is 3.79. The number of amides is 3. The third-order valence-electron chi connectivity index (χ3n) is 11.1. The zero-order valence-electron chi connectivity index (χ0n) is 37.1. The van der Waals surface area contributed by atoms with E-state index in [0.717, 1.165) is 57.1 Å². The molecule has 13 nitrogen and oxygen atoms in total. The number of carbonyl (C=O) groups excluding carboxylic acids is 4. The number of thioether (sulfide) groups is 1. The van der Waals surface area contributed by atoms with E-state index in [1.54, 1.807) is 0 Å². The molecule has 2 aliphatic rings. The van der Waals surface area contributed by atoms with Gasteiger partial charge >= 0.3 is 25.8 Å². The molecule has 4 unspecified atom stereocenters. The lowest BCUT2D eigenvalue weighted by Gasteiger charge is -2.23. The van der Waals surface area contributed by atoms with Crippen LogP contribution in [0.15, 0.2) is 0 Å². The highest BCUT2D eigenvalue weighted by atomic mass is 32.2. The van der Waals surface area contributed by atoms with Crippen LogP contribution in [0, 0.1) is 0 Å². The Kier molecular flexibility index (Phi) is 31.3. The first-order valence-electron chi connectivity index (χ1n) is 23.4. The summed E-state index contributed by atoms with van der Waals surface area (Å²) in [5.41, 5.74) is 0. The van der Waals surface area contributed by atoms with Gasteiger partial charge in [0, 0.05) is 43.9 Å². The Morgan fingerprint density at radius 2 is 1.17 bits per heavy atom. The Labute approximate surface area is 361 Å². The van der Waals surface area contributed by atoms with Gasteiger partial charge in [0.15, 0.2) is 0 Å². The van der Waals surface area contributed by atoms with Crippen molar-refractivity contribution in [2.24, 2.45) is 0 Å². The van der Waals surface area contributed by atoms with E-state index in [1.165, 1.54) is 110 Å². The van der Waals surface area contributed by atoms with Crippen molar-refractivity contribution in [2.45, 2.75) is 217 Å². The van der Waals surface area contributed by atoms with Crippen molar-refractivity contribution in [3.63, 3.8) is 0 Å². The van der Waals surface area contributed by atoms with Crippen LogP contribution >= 0.6 is 19.6 Å². The van der Waals surface area contributed by atoms with Crippen molar-refractivity contribution >= 4 is 43.5 Å². The zero-order chi connectivity index (χ0) is 42.8. The molecular formula is C44H82N3O10PS. The van der Waals surface area contributed by atoms with Crippen molar-refractivity contribution in [3.8, 4) is 0 Å². The molecule has 3 N–H and O–H groups in total. The van der Waals surface area contributed by atoms with Crippen LogP contribution in [0.1, 0.15) is 194 Å². The molecule has 15 heteroatoms. The van der Waals surface area contributed by atoms with Gasteiger partial charge in [-0.2, -0.15) is 11.8 Å². The van der Waals surface area contributed by atoms with Crippen molar-refractivity contribution in [1.82, 2.24) is 16.0 Å². The van der Waals surface area contributed by atoms with Gasteiger partial charge in [-0.15, -0.1) is 0 Å². The number of esters is 2. The summed E-state index contributed by atoms with van der Waals surface area (Å²) in [6.07, 6.45) is 28.2. The highest BCUT2D eigenvalue weighted by Crippen LogP contribution is 2.49.